The Hall–Kier alpha value is -1.97. The van der Waals surface area contributed by atoms with Crippen LogP contribution in [0.3, 0.4) is 0 Å². The molecule has 0 aliphatic heterocycles. The average Bonchev–Trinajstić information content (AvgIpc) is 2.50. The largest absolute Gasteiger partial charge is 0.417 e. The molecule has 0 radical (unpaired) electrons. The minimum absolute atomic E-state index is 0.00223. The maximum absolute atomic E-state index is 13.5. The number of rotatable bonds is 5. The van der Waals surface area contributed by atoms with Crippen LogP contribution < -0.4 is 4.72 Å². The minimum Gasteiger partial charge on any atom is -0.284 e. The molecule has 0 atom stereocenters. The number of hydrogen-bond acceptors (Lipinski definition) is 4. The second-order valence-electron chi connectivity index (χ2n) is 5.22. The fourth-order valence-electron chi connectivity index (χ4n) is 2.25. The number of halogens is 4. The van der Waals surface area contributed by atoms with E-state index in [1.54, 1.807) is 0 Å². The number of nitrogens with zero attached hydrogens (tertiary/aromatic N) is 1. The van der Waals surface area contributed by atoms with Gasteiger partial charge in [-0.25, -0.2) is 8.42 Å². The number of benzene rings is 2. The summed E-state index contributed by atoms with van der Waals surface area (Å²) >= 11 is 10.7. The van der Waals surface area contributed by atoms with Crippen LogP contribution in [0.2, 0.25) is 5.02 Å². The Bertz CT molecular complexity index is 974. The first-order valence-electron chi connectivity index (χ1n) is 6.98. The highest BCUT2D eigenvalue weighted by atomic mass is 35.5. The fraction of sp³-hybridized carbons (Fsp3) is 0.125. The summed E-state index contributed by atoms with van der Waals surface area (Å²) in [5.74, 6) is 0. The number of aliphatic imine (C=N–C) groups is 1. The third kappa shape index (κ3) is 5.26. The van der Waals surface area contributed by atoms with E-state index in [4.69, 9.17) is 11.6 Å². The first kappa shape index (κ1) is 20.3. The van der Waals surface area contributed by atoms with Gasteiger partial charge in [-0.3, -0.25) is 9.71 Å². The fourth-order valence-corrected chi connectivity index (χ4v) is 3.19. The van der Waals surface area contributed by atoms with Gasteiger partial charge in [-0.2, -0.15) is 13.2 Å². The highest BCUT2D eigenvalue weighted by Gasteiger charge is 2.35. The summed E-state index contributed by atoms with van der Waals surface area (Å²) < 4.78 is 65.5. The molecule has 0 aromatic heterocycles. The molecule has 0 amide bonds. The number of anilines is 1. The molecule has 138 valence electrons. The topological polar surface area (TPSA) is 58.5 Å². The summed E-state index contributed by atoms with van der Waals surface area (Å²) in [4.78, 5) is 3.80. The SMILES string of the molecule is CS(=O)(=O)Nc1cccc(-c2c(Cl)cc(N=CC=S)cc2C(F)(F)F)c1. The van der Waals surface area contributed by atoms with Crippen molar-refractivity contribution in [1.82, 2.24) is 0 Å². The van der Waals surface area contributed by atoms with Gasteiger partial charge in [0.05, 0.1) is 22.5 Å². The molecule has 0 spiro atoms. The molecule has 2 rings (SSSR count). The molecule has 2 aromatic rings. The molecule has 4 nitrogen and oxygen atoms in total. The zero-order chi connectivity index (χ0) is 19.5. The molecule has 0 aliphatic carbocycles. The third-order valence-electron chi connectivity index (χ3n) is 3.12. The molecule has 0 saturated carbocycles. The van der Waals surface area contributed by atoms with Crippen LogP contribution in [0.25, 0.3) is 11.1 Å². The Morgan fingerprint density at radius 2 is 1.92 bits per heavy atom. The Kier molecular flexibility index (Phi) is 6.05. The van der Waals surface area contributed by atoms with Crippen molar-refractivity contribution in [1.29, 1.82) is 0 Å². The van der Waals surface area contributed by atoms with E-state index in [-0.39, 0.29) is 27.5 Å². The maximum Gasteiger partial charge on any atom is 0.417 e. The lowest BCUT2D eigenvalue weighted by atomic mass is 9.98. The lowest BCUT2D eigenvalue weighted by Gasteiger charge is -2.16. The number of alkyl halides is 3. The quantitative estimate of drug-likeness (QED) is 0.540. The van der Waals surface area contributed by atoms with Gasteiger partial charge in [0.2, 0.25) is 10.0 Å². The van der Waals surface area contributed by atoms with E-state index in [0.29, 0.717) is 0 Å². The van der Waals surface area contributed by atoms with Gasteiger partial charge in [-0.15, -0.1) is 0 Å². The second kappa shape index (κ2) is 7.73. The van der Waals surface area contributed by atoms with Crippen molar-refractivity contribution >= 4 is 56.8 Å². The van der Waals surface area contributed by atoms with E-state index >= 15 is 0 Å². The van der Waals surface area contributed by atoms with Gasteiger partial charge in [-0.05, 0) is 29.8 Å². The molecule has 0 unspecified atom stereocenters. The average molecular weight is 421 g/mol. The summed E-state index contributed by atoms with van der Waals surface area (Å²) in [7, 11) is -3.58. The minimum atomic E-state index is -4.69. The van der Waals surface area contributed by atoms with Crippen molar-refractivity contribution in [2.24, 2.45) is 4.99 Å². The van der Waals surface area contributed by atoms with Crippen molar-refractivity contribution in [3.63, 3.8) is 0 Å². The van der Waals surface area contributed by atoms with Crippen LogP contribution in [0.15, 0.2) is 41.4 Å². The maximum atomic E-state index is 13.5. The van der Waals surface area contributed by atoms with E-state index in [0.717, 1.165) is 17.7 Å². The predicted octanol–water partition coefficient (Wildman–Crippen LogP) is 5.10. The van der Waals surface area contributed by atoms with Crippen LogP contribution in [0.5, 0.6) is 0 Å². The molecular formula is C16H12ClF3N2O2S2. The van der Waals surface area contributed by atoms with Gasteiger partial charge in [-0.1, -0.05) is 36.0 Å². The number of nitrogens with one attached hydrogen (secondary N) is 1. The Morgan fingerprint density at radius 1 is 1.23 bits per heavy atom. The number of hydrogen-bond donors (Lipinski definition) is 1. The monoisotopic (exact) mass is 420 g/mol. The molecule has 0 heterocycles. The first-order valence-corrected chi connectivity index (χ1v) is 9.72. The summed E-state index contributed by atoms with van der Waals surface area (Å²) in [5, 5.41) is 0.989. The molecule has 0 bridgehead atoms. The van der Waals surface area contributed by atoms with Gasteiger partial charge in [0.1, 0.15) is 0 Å². The smallest absolute Gasteiger partial charge is 0.284 e. The van der Waals surface area contributed by atoms with E-state index in [1.807, 2.05) is 0 Å². The number of thiocarbonyl (C=S) groups is 1. The van der Waals surface area contributed by atoms with Crippen molar-refractivity contribution in [3.8, 4) is 11.1 Å². The summed E-state index contributed by atoms with van der Waals surface area (Å²) in [6.45, 7) is 0. The van der Waals surface area contributed by atoms with Crippen molar-refractivity contribution in [2.45, 2.75) is 6.18 Å². The van der Waals surface area contributed by atoms with Crippen LogP contribution in [-0.4, -0.2) is 26.3 Å². The zero-order valence-corrected chi connectivity index (χ0v) is 15.6. The second-order valence-corrected chi connectivity index (χ2v) is 7.65. The predicted molar refractivity (Wildman–Crippen MR) is 102 cm³/mol. The molecule has 0 aliphatic rings. The molecule has 2 aromatic carbocycles. The molecule has 0 fully saturated rings. The Morgan fingerprint density at radius 3 is 2.50 bits per heavy atom. The highest BCUT2D eigenvalue weighted by Crippen LogP contribution is 2.43. The van der Waals surface area contributed by atoms with E-state index < -0.39 is 21.8 Å². The van der Waals surface area contributed by atoms with E-state index in [2.05, 4.69) is 21.9 Å². The standard InChI is InChI=1S/C16H12ClF3N2O2S2/c1-26(23,24)22-11-4-2-3-10(7-11)15-13(16(18,19)20)8-12(9-14(15)17)21-5-6-25/h2-9,22H,1H3. The van der Waals surface area contributed by atoms with Crippen LogP contribution in [-0.2, 0) is 16.2 Å². The number of sulfonamides is 1. The van der Waals surface area contributed by atoms with Crippen LogP contribution in [0.1, 0.15) is 5.56 Å². The van der Waals surface area contributed by atoms with Crippen LogP contribution in [0.4, 0.5) is 24.5 Å². The van der Waals surface area contributed by atoms with Crippen molar-refractivity contribution in [2.75, 3.05) is 11.0 Å². The van der Waals surface area contributed by atoms with E-state index in [1.165, 1.54) is 36.5 Å². The van der Waals surface area contributed by atoms with Gasteiger partial charge in [0.25, 0.3) is 0 Å². The lowest BCUT2D eigenvalue weighted by Crippen LogP contribution is -2.10. The van der Waals surface area contributed by atoms with Gasteiger partial charge >= 0.3 is 6.18 Å². The highest BCUT2D eigenvalue weighted by molar-refractivity contribution is 7.92. The molecular weight excluding hydrogens is 409 g/mol. The molecule has 0 saturated heterocycles. The first-order chi connectivity index (χ1) is 12.0. The molecule has 10 heteroatoms. The van der Waals surface area contributed by atoms with Gasteiger partial charge in [0, 0.05) is 22.8 Å². The molecule has 26 heavy (non-hydrogen) atoms. The van der Waals surface area contributed by atoms with Crippen molar-refractivity contribution in [3.05, 3.63) is 47.0 Å². The summed E-state index contributed by atoms with van der Waals surface area (Å²) in [6, 6.07) is 7.66. The van der Waals surface area contributed by atoms with Crippen LogP contribution in [0, 0.1) is 0 Å². The van der Waals surface area contributed by atoms with Crippen molar-refractivity contribution < 1.29 is 21.6 Å². The Balaban J connectivity index is 2.67. The van der Waals surface area contributed by atoms with Gasteiger partial charge in [0.15, 0.2) is 0 Å². The summed E-state index contributed by atoms with van der Waals surface area (Å²) in [6.07, 6.45) is -2.57. The van der Waals surface area contributed by atoms with Crippen LogP contribution >= 0.6 is 23.8 Å². The van der Waals surface area contributed by atoms with Gasteiger partial charge < -0.3 is 0 Å². The summed E-state index contributed by atoms with van der Waals surface area (Å²) in [5.41, 5.74) is -1.02. The van der Waals surface area contributed by atoms with E-state index in [9.17, 15) is 21.6 Å². The molecule has 1 N–H and O–H groups in total. The lowest BCUT2D eigenvalue weighted by molar-refractivity contribution is -0.137. The normalized spacial score (nSPS) is 12.3. The zero-order valence-electron chi connectivity index (χ0n) is 13.2. The third-order valence-corrected chi connectivity index (χ3v) is 4.15. The Labute approximate surface area is 158 Å².